The lowest BCUT2D eigenvalue weighted by Gasteiger charge is -2.38. The van der Waals surface area contributed by atoms with Gasteiger partial charge in [-0.3, -0.25) is 19.2 Å². The summed E-state index contributed by atoms with van der Waals surface area (Å²) in [5.41, 5.74) is 4.04. The summed E-state index contributed by atoms with van der Waals surface area (Å²) >= 11 is 6.60. The number of aliphatic hydroxyl groups excluding tert-OH is 1. The van der Waals surface area contributed by atoms with Gasteiger partial charge in [-0.2, -0.15) is 0 Å². The van der Waals surface area contributed by atoms with Crippen LogP contribution in [0.3, 0.4) is 0 Å². The molecule has 4 N–H and O–H groups in total. The zero-order valence-electron chi connectivity index (χ0n) is 47.8. The zero-order chi connectivity index (χ0) is 59.8. The van der Waals surface area contributed by atoms with Crippen molar-refractivity contribution in [2.24, 2.45) is 5.92 Å². The zero-order valence-corrected chi connectivity index (χ0v) is 48.5. The number of ether oxygens (including phenoxy) is 5. The molecule has 2 fully saturated rings. The number of rotatable bonds is 18. The molecule has 1 unspecified atom stereocenters. The van der Waals surface area contributed by atoms with Crippen molar-refractivity contribution in [2.75, 3.05) is 81.0 Å². The van der Waals surface area contributed by atoms with Gasteiger partial charge in [0.05, 0.1) is 36.5 Å². The summed E-state index contributed by atoms with van der Waals surface area (Å²) in [6, 6.07) is 23.6. The van der Waals surface area contributed by atoms with Crippen LogP contribution in [-0.4, -0.2) is 152 Å². The Kier molecular flexibility index (Phi) is 19.3. The number of halogens is 1. The van der Waals surface area contributed by atoms with Crippen LogP contribution in [0.5, 0.6) is 17.2 Å². The first-order chi connectivity index (χ1) is 40.5. The predicted octanol–water partition coefficient (Wildman–Crippen LogP) is 7.94. The summed E-state index contributed by atoms with van der Waals surface area (Å²) in [5.74, 6) is -1.15. The lowest BCUT2D eigenvalue weighted by molar-refractivity contribution is -0.128. The van der Waals surface area contributed by atoms with Crippen molar-refractivity contribution in [1.29, 1.82) is 0 Å². The molecule has 0 aromatic heterocycles. The number of nitrogens with zero attached hydrogens (tertiary/aromatic N) is 5. The van der Waals surface area contributed by atoms with E-state index in [9.17, 15) is 38.7 Å². The number of aliphatic hydroxyl groups is 1. The van der Waals surface area contributed by atoms with Crippen LogP contribution in [0.2, 0.25) is 0 Å². The largest absolute Gasteiger partial charge is 0.493 e. The average Bonchev–Trinajstić information content (AvgIpc) is 2.15. The minimum Gasteiger partial charge on any atom is -0.493 e. The molecule has 0 saturated carbocycles. The summed E-state index contributed by atoms with van der Waals surface area (Å²) < 4.78 is 29.1. The van der Waals surface area contributed by atoms with Crippen LogP contribution in [0.15, 0.2) is 104 Å². The van der Waals surface area contributed by atoms with Crippen molar-refractivity contribution in [3.63, 3.8) is 0 Å². The van der Waals surface area contributed by atoms with Gasteiger partial charge in [0.15, 0.2) is 17.7 Å². The van der Waals surface area contributed by atoms with E-state index < -0.39 is 60.4 Å². The van der Waals surface area contributed by atoms with Crippen molar-refractivity contribution in [1.82, 2.24) is 25.3 Å². The van der Waals surface area contributed by atoms with Crippen molar-refractivity contribution < 1.29 is 62.4 Å². The number of piperazine rings is 1. The van der Waals surface area contributed by atoms with Crippen LogP contribution in [0, 0.1) is 5.92 Å². The van der Waals surface area contributed by atoms with E-state index in [1.54, 1.807) is 58.9 Å². The molecular formula is C62H71ClN8O13. The van der Waals surface area contributed by atoms with Gasteiger partial charge in [0.25, 0.3) is 5.91 Å². The van der Waals surface area contributed by atoms with E-state index in [2.05, 4.69) is 27.4 Å². The second-order valence-corrected chi connectivity index (χ2v) is 22.1. The van der Waals surface area contributed by atoms with E-state index in [-0.39, 0.29) is 72.6 Å². The third kappa shape index (κ3) is 13.5. The Morgan fingerprint density at radius 1 is 0.774 bits per heavy atom. The highest BCUT2D eigenvalue weighted by atomic mass is 35.5. The number of benzene rings is 5. The van der Waals surface area contributed by atoms with Gasteiger partial charge in [-0.1, -0.05) is 87.2 Å². The van der Waals surface area contributed by atoms with Crippen molar-refractivity contribution in [3.8, 4) is 17.2 Å². The number of hydrogen-bond donors (Lipinski definition) is 4. The van der Waals surface area contributed by atoms with E-state index in [4.69, 9.17) is 35.3 Å². The smallest absolute Gasteiger partial charge is 0.416 e. The van der Waals surface area contributed by atoms with Gasteiger partial charge in [-0.05, 0) is 85.0 Å². The lowest BCUT2D eigenvalue weighted by atomic mass is 9.95. The molecule has 5 aromatic carbocycles. The number of nitrogens with one attached hydrogen (secondary N) is 3. The molecule has 4 aliphatic heterocycles. The van der Waals surface area contributed by atoms with Gasteiger partial charge in [0.1, 0.15) is 37.7 Å². The number of piperidine rings is 1. The highest BCUT2D eigenvalue weighted by Crippen LogP contribution is 2.46. The molecule has 84 heavy (non-hydrogen) atoms. The molecule has 22 heteroatoms. The first-order valence-corrected chi connectivity index (χ1v) is 28.7. The van der Waals surface area contributed by atoms with Crippen LogP contribution in [-0.2, 0) is 43.5 Å². The molecule has 0 radical (unpaired) electrons. The van der Waals surface area contributed by atoms with Crippen LogP contribution in [0.4, 0.5) is 31.4 Å². The summed E-state index contributed by atoms with van der Waals surface area (Å²) in [6.45, 7) is 11.4. The van der Waals surface area contributed by atoms with Gasteiger partial charge >= 0.3 is 18.3 Å². The standard InChI is InChI=1S/C62H71ClN8O13/c1-7-27-81-60(77)66-55(37(2)3)57(74)64-38(4)56(73)65-43-20-18-39(19-21-43)35-83-62(79)71-48-31-52(51(80-6)30-46(48)58(75)69-22-11-10-17-47(69)59(71)76)82-36-41-14-12-13-40(28-41)29-53(72)70-34-42(33-63)54-45-16-9-8-15-44(45)50(32-49(54)70)84-61(78)68-25-23-67(5)24-26-68/h7-9,12-16,18-21,28,30-32,37-38,42,47,55,59,76H,1,10-11,17,22-27,29,33-36H2,2-6H3,(H,64,74)(H,65,73)(H,66,77)/t38-,42+,47-,55-,59?/m0/s1. The van der Waals surface area contributed by atoms with Crippen LogP contribution in [0.25, 0.3) is 10.8 Å². The molecule has 4 aliphatic rings. The molecule has 0 aliphatic carbocycles. The number of methoxy groups -OCH3 is 1. The van der Waals surface area contributed by atoms with Crippen molar-refractivity contribution in [2.45, 2.75) is 89.9 Å². The molecule has 0 spiro atoms. The molecule has 444 valence electrons. The molecule has 2 saturated heterocycles. The van der Waals surface area contributed by atoms with Crippen LogP contribution < -0.4 is 40.0 Å². The average molecular weight is 1170 g/mol. The van der Waals surface area contributed by atoms with E-state index in [1.807, 2.05) is 55.6 Å². The van der Waals surface area contributed by atoms with Gasteiger partial charge in [-0.15, -0.1) is 11.6 Å². The number of amides is 7. The highest BCUT2D eigenvalue weighted by Gasteiger charge is 2.45. The predicted molar refractivity (Wildman–Crippen MR) is 316 cm³/mol. The minimum atomic E-state index is -1.50. The summed E-state index contributed by atoms with van der Waals surface area (Å²) in [6.07, 6.45) is -0.390. The molecule has 4 heterocycles. The third-order valence-electron chi connectivity index (χ3n) is 15.6. The molecule has 7 amide bonds. The summed E-state index contributed by atoms with van der Waals surface area (Å²) in [5, 5.41) is 21.6. The first-order valence-electron chi connectivity index (χ1n) is 28.2. The van der Waals surface area contributed by atoms with Crippen LogP contribution >= 0.6 is 11.6 Å². The maximum atomic E-state index is 14.4. The minimum absolute atomic E-state index is 0.0173. The Morgan fingerprint density at radius 3 is 2.21 bits per heavy atom. The summed E-state index contributed by atoms with van der Waals surface area (Å²) in [7, 11) is 3.45. The monoisotopic (exact) mass is 1170 g/mol. The van der Waals surface area contributed by atoms with E-state index >= 15 is 0 Å². The Labute approximate surface area is 492 Å². The molecule has 9 rings (SSSR count). The van der Waals surface area contributed by atoms with Gasteiger partial charge in [0.2, 0.25) is 17.7 Å². The Morgan fingerprint density at radius 2 is 1.50 bits per heavy atom. The lowest BCUT2D eigenvalue weighted by Crippen LogP contribution is -2.55. The van der Waals surface area contributed by atoms with Crippen LogP contribution in [0.1, 0.15) is 78.6 Å². The Balaban J connectivity index is 0.878. The number of alkyl carbamates (subject to hydrolysis) is 1. The number of carbonyl (C=O) groups is 7. The maximum Gasteiger partial charge on any atom is 0.416 e. The Bertz CT molecular complexity index is 3300. The molecule has 5 atom stereocenters. The highest BCUT2D eigenvalue weighted by molar-refractivity contribution is 6.19. The Hall–Kier alpha value is -8.40. The van der Waals surface area contributed by atoms with E-state index in [0.717, 1.165) is 40.7 Å². The van der Waals surface area contributed by atoms with Gasteiger partial charge in [-0.25, -0.2) is 19.3 Å². The van der Waals surface area contributed by atoms with Gasteiger partial charge < -0.3 is 64.3 Å². The quantitative estimate of drug-likeness (QED) is 0.0482. The second kappa shape index (κ2) is 26.9. The van der Waals surface area contributed by atoms with E-state index in [1.165, 1.54) is 32.2 Å². The SMILES string of the molecule is C=CCOC(=O)N[C@H](C(=O)N[C@@H](C)C(=O)Nc1ccc(COC(=O)N2c3cc(OCc4cccc(CC(=O)N5C[C@@H](CCl)c6c5cc(OC(=O)N5CCN(C)CC5)c5ccccc65)c4)c(OC)cc3C(=O)N3CCCC[C@H]3C2O)cc1)C(C)C. The second-order valence-electron chi connectivity index (χ2n) is 21.7. The maximum absolute atomic E-state index is 14.4. The normalized spacial score (nSPS) is 18.3. The number of alkyl halides is 1. The first kappa shape index (κ1) is 60.2. The van der Waals surface area contributed by atoms with E-state index in [0.29, 0.717) is 72.8 Å². The number of fused-ring (bicyclic) bond motifs is 5. The van der Waals surface area contributed by atoms with Crippen molar-refractivity contribution in [3.05, 3.63) is 131 Å². The topological polar surface area (TPSA) is 238 Å². The summed E-state index contributed by atoms with van der Waals surface area (Å²) in [4.78, 5) is 103. The molecule has 0 bridgehead atoms. The molecular weight excluding hydrogens is 1100 g/mol. The fraction of sp³-hybridized carbons (Fsp3) is 0.403. The fourth-order valence-corrected chi connectivity index (χ4v) is 11.3. The molecule has 5 aromatic rings. The van der Waals surface area contributed by atoms with Crippen molar-refractivity contribution >= 4 is 81.3 Å². The molecule has 21 nitrogen and oxygen atoms in total. The fourth-order valence-electron chi connectivity index (χ4n) is 11.0. The number of carbonyl (C=O) groups excluding carboxylic acids is 7. The number of likely N-dealkylation sites (N-methyl/N-ethyl adjacent to an activating group) is 1. The third-order valence-corrected chi connectivity index (χ3v) is 16.0. The van der Waals surface area contributed by atoms with Gasteiger partial charge in [0, 0.05) is 74.3 Å². The number of anilines is 3. The number of hydrogen-bond acceptors (Lipinski definition) is 14.